The highest BCUT2D eigenvalue weighted by Gasteiger charge is 2.42. The molecule has 1 aliphatic heterocycles. The van der Waals surface area contributed by atoms with E-state index in [2.05, 4.69) is 5.11 Å². The predicted octanol–water partition coefficient (Wildman–Crippen LogP) is 3.10. The van der Waals surface area contributed by atoms with Crippen LogP contribution in [0.3, 0.4) is 0 Å². The lowest BCUT2D eigenvalue weighted by atomic mass is 10.1. The number of carbonyl (C=O) groups excluding carboxylic acids is 3. The van der Waals surface area contributed by atoms with Crippen molar-refractivity contribution in [3.05, 3.63) is 35.4 Å². The van der Waals surface area contributed by atoms with Crippen LogP contribution in [0.2, 0.25) is 0 Å². The molecule has 0 saturated heterocycles. The summed E-state index contributed by atoms with van der Waals surface area (Å²) >= 11 is 0. The second-order valence-corrected chi connectivity index (χ2v) is 6.40. The number of nitrogens with one attached hydrogen (secondary N) is 1. The number of imide groups is 1. The molecule has 2 atom stereocenters. The Bertz CT molecular complexity index is 669. The standard InChI is InChI=1S/C17H22N4O4/c1-10(2)9-20(17(24)25-12(4)11(3)19-18)21-15(22)13-7-5-6-8-14(13)16(21)23/h5-8,10-12,18H,9H2,1-4H3. The highest BCUT2D eigenvalue weighted by molar-refractivity contribution is 6.21. The molecule has 0 bridgehead atoms. The largest absolute Gasteiger partial charge is 0.443 e. The highest BCUT2D eigenvalue weighted by Crippen LogP contribution is 2.25. The van der Waals surface area contributed by atoms with Crippen molar-refractivity contribution in [1.82, 2.24) is 10.0 Å². The van der Waals surface area contributed by atoms with Gasteiger partial charge in [-0.15, -0.1) is 0 Å². The van der Waals surface area contributed by atoms with Gasteiger partial charge < -0.3 is 4.74 Å². The van der Waals surface area contributed by atoms with Crippen molar-refractivity contribution in [3.63, 3.8) is 0 Å². The Hall–Kier alpha value is -2.77. The van der Waals surface area contributed by atoms with Crippen molar-refractivity contribution in [3.8, 4) is 0 Å². The molecule has 0 aromatic heterocycles. The van der Waals surface area contributed by atoms with Crippen LogP contribution in [0, 0.1) is 11.4 Å². The Kier molecular flexibility index (Phi) is 5.51. The number of nitrogens with zero attached hydrogens (tertiary/aromatic N) is 3. The monoisotopic (exact) mass is 346 g/mol. The number of benzene rings is 1. The van der Waals surface area contributed by atoms with Gasteiger partial charge in [-0.25, -0.2) is 15.3 Å². The third kappa shape index (κ3) is 3.67. The summed E-state index contributed by atoms with van der Waals surface area (Å²) < 4.78 is 5.30. The predicted molar refractivity (Wildman–Crippen MR) is 89.0 cm³/mol. The molecule has 0 radical (unpaired) electrons. The first-order chi connectivity index (χ1) is 11.8. The van der Waals surface area contributed by atoms with Gasteiger partial charge in [0.25, 0.3) is 11.8 Å². The van der Waals surface area contributed by atoms with E-state index in [4.69, 9.17) is 10.3 Å². The van der Waals surface area contributed by atoms with E-state index < -0.39 is 30.1 Å². The van der Waals surface area contributed by atoms with Crippen LogP contribution in [-0.4, -0.2) is 46.6 Å². The maximum absolute atomic E-state index is 12.6. The zero-order valence-corrected chi connectivity index (χ0v) is 14.7. The van der Waals surface area contributed by atoms with Gasteiger partial charge in [-0.05, 0) is 31.9 Å². The quantitative estimate of drug-likeness (QED) is 0.631. The first-order valence-electron chi connectivity index (χ1n) is 8.10. The van der Waals surface area contributed by atoms with Gasteiger partial charge in [0.15, 0.2) is 0 Å². The van der Waals surface area contributed by atoms with E-state index in [9.17, 15) is 14.4 Å². The average Bonchev–Trinajstić information content (AvgIpc) is 2.83. The lowest BCUT2D eigenvalue weighted by Crippen LogP contribution is -2.52. The summed E-state index contributed by atoms with van der Waals surface area (Å²) in [6.45, 7) is 7.12. The molecule has 8 nitrogen and oxygen atoms in total. The molecule has 2 rings (SSSR count). The molecule has 0 fully saturated rings. The maximum Gasteiger partial charge on any atom is 0.429 e. The molecule has 134 valence electrons. The van der Waals surface area contributed by atoms with E-state index >= 15 is 0 Å². The molecular weight excluding hydrogens is 324 g/mol. The van der Waals surface area contributed by atoms with Crippen molar-refractivity contribution in [2.75, 3.05) is 6.54 Å². The van der Waals surface area contributed by atoms with E-state index in [0.717, 1.165) is 10.0 Å². The van der Waals surface area contributed by atoms with Gasteiger partial charge in [-0.3, -0.25) is 9.59 Å². The van der Waals surface area contributed by atoms with Gasteiger partial charge in [-0.2, -0.15) is 10.1 Å². The topological polar surface area (TPSA) is 103 Å². The number of amides is 3. The molecule has 8 heteroatoms. The van der Waals surface area contributed by atoms with Gasteiger partial charge in [-0.1, -0.05) is 26.0 Å². The minimum Gasteiger partial charge on any atom is -0.443 e. The van der Waals surface area contributed by atoms with Crippen molar-refractivity contribution < 1.29 is 19.1 Å². The van der Waals surface area contributed by atoms with Crippen LogP contribution >= 0.6 is 0 Å². The van der Waals surface area contributed by atoms with Crippen LogP contribution in [0.1, 0.15) is 48.4 Å². The molecule has 3 amide bonds. The average molecular weight is 346 g/mol. The Balaban J connectivity index is 2.29. The van der Waals surface area contributed by atoms with Crippen LogP contribution in [0.5, 0.6) is 0 Å². The Labute approximate surface area is 146 Å². The van der Waals surface area contributed by atoms with Gasteiger partial charge in [0, 0.05) is 6.54 Å². The number of rotatable bonds is 6. The molecule has 1 aliphatic rings. The summed E-state index contributed by atoms with van der Waals surface area (Å²) in [6, 6.07) is 5.92. The zero-order chi connectivity index (χ0) is 18.7. The second-order valence-electron chi connectivity index (χ2n) is 6.40. The lowest BCUT2D eigenvalue weighted by Gasteiger charge is -2.31. The number of hydrogen-bond acceptors (Lipinski definition) is 6. The molecule has 0 spiro atoms. The number of hydrazine groups is 1. The van der Waals surface area contributed by atoms with Crippen molar-refractivity contribution in [2.45, 2.75) is 39.8 Å². The zero-order valence-electron chi connectivity index (χ0n) is 14.7. The van der Waals surface area contributed by atoms with Crippen LogP contribution in [0.25, 0.3) is 0 Å². The molecule has 1 aromatic rings. The summed E-state index contributed by atoms with van der Waals surface area (Å²) in [6.07, 6.45) is -1.47. The molecule has 2 unspecified atom stereocenters. The molecule has 0 saturated carbocycles. The summed E-state index contributed by atoms with van der Waals surface area (Å²) in [4.78, 5) is 37.8. The number of hydrogen-bond donors (Lipinski definition) is 1. The summed E-state index contributed by atoms with van der Waals surface area (Å²) in [5.74, 6) is -1.10. The smallest absolute Gasteiger partial charge is 0.429 e. The van der Waals surface area contributed by atoms with Gasteiger partial charge >= 0.3 is 6.09 Å². The lowest BCUT2D eigenvalue weighted by molar-refractivity contribution is -0.0178. The summed E-state index contributed by atoms with van der Waals surface area (Å²) in [5, 5.41) is 5.19. The molecule has 1 N–H and O–H groups in total. The van der Waals surface area contributed by atoms with Crippen LogP contribution in [0.15, 0.2) is 29.4 Å². The minimum absolute atomic E-state index is 0.00505. The third-order valence-corrected chi connectivity index (χ3v) is 3.93. The second kappa shape index (κ2) is 7.42. The molecule has 1 aromatic carbocycles. The van der Waals surface area contributed by atoms with Crippen molar-refractivity contribution in [1.29, 1.82) is 5.53 Å². The van der Waals surface area contributed by atoms with Gasteiger partial charge in [0.1, 0.15) is 12.1 Å². The highest BCUT2D eigenvalue weighted by atomic mass is 16.6. The van der Waals surface area contributed by atoms with Crippen LogP contribution in [-0.2, 0) is 4.74 Å². The van der Waals surface area contributed by atoms with Gasteiger partial charge in [0.2, 0.25) is 0 Å². The molecular formula is C17H22N4O4. The third-order valence-electron chi connectivity index (χ3n) is 3.93. The summed E-state index contributed by atoms with van der Waals surface area (Å²) in [5.41, 5.74) is 7.55. The van der Waals surface area contributed by atoms with Gasteiger partial charge in [0.05, 0.1) is 11.1 Å². The first kappa shape index (κ1) is 18.6. The normalized spacial score (nSPS) is 15.8. The summed E-state index contributed by atoms with van der Waals surface area (Å²) in [7, 11) is 0. The number of fused-ring (bicyclic) bond motifs is 1. The van der Waals surface area contributed by atoms with E-state index in [1.54, 1.807) is 38.1 Å². The van der Waals surface area contributed by atoms with Crippen LogP contribution < -0.4 is 0 Å². The fourth-order valence-electron chi connectivity index (χ4n) is 2.40. The first-order valence-corrected chi connectivity index (χ1v) is 8.10. The fraction of sp³-hybridized carbons (Fsp3) is 0.471. The molecule has 25 heavy (non-hydrogen) atoms. The molecule has 1 heterocycles. The Morgan fingerprint density at radius 2 is 1.68 bits per heavy atom. The maximum atomic E-state index is 12.6. The van der Waals surface area contributed by atoms with E-state index in [1.807, 2.05) is 13.8 Å². The van der Waals surface area contributed by atoms with E-state index in [0.29, 0.717) is 0 Å². The Morgan fingerprint density at radius 3 is 2.12 bits per heavy atom. The van der Waals surface area contributed by atoms with E-state index in [1.165, 1.54) is 0 Å². The van der Waals surface area contributed by atoms with E-state index in [-0.39, 0.29) is 23.6 Å². The SMILES string of the molecule is CC(C)CN(C(=O)OC(C)C(C)N=N)N1C(=O)c2ccccc2C1=O. The number of carbonyl (C=O) groups is 3. The van der Waals surface area contributed by atoms with Crippen molar-refractivity contribution >= 4 is 17.9 Å². The van der Waals surface area contributed by atoms with Crippen molar-refractivity contribution in [2.24, 2.45) is 11.0 Å². The number of ether oxygens (including phenoxy) is 1. The van der Waals surface area contributed by atoms with Crippen LogP contribution in [0.4, 0.5) is 4.79 Å². The molecule has 0 aliphatic carbocycles. The fourth-order valence-corrected chi connectivity index (χ4v) is 2.40. The Morgan fingerprint density at radius 1 is 1.16 bits per heavy atom. The minimum atomic E-state index is -0.814.